The fourth-order valence-electron chi connectivity index (χ4n) is 1.61. The molecule has 1 aromatic rings. The number of nitrogens with two attached hydrogens (primary N) is 2. The van der Waals surface area contributed by atoms with Crippen molar-refractivity contribution in [2.75, 3.05) is 18.9 Å². The van der Waals surface area contributed by atoms with Crippen LogP contribution in [0.1, 0.15) is 26.3 Å². The van der Waals surface area contributed by atoms with Gasteiger partial charge >= 0.3 is 0 Å². The lowest BCUT2D eigenvalue weighted by molar-refractivity contribution is 0.0996. The molecule has 5 heteroatoms. The minimum atomic E-state index is -0.578. The summed E-state index contributed by atoms with van der Waals surface area (Å²) >= 11 is 0. The van der Waals surface area contributed by atoms with Crippen molar-refractivity contribution in [1.29, 1.82) is 0 Å². The van der Waals surface area contributed by atoms with Gasteiger partial charge in [-0.3, -0.25) is 0 Å². The molecule has 1 rings (SSSR count). The van der Waals surface area contributed by atoms with Gasteiger partial charge in [-0.25, -0.2) is 0 Å². The third-order valence-corrected chi connectivity index (χ3v) is 2.67. The predicted octanol–water partition coefficient (Wildman–Crippen LogP) is 0.855. The number of benzene rings is 1. The maximum absolute atomic E-state index is 9.86. The van der Waals surface area contributed by atoms with Gasteiger partial charge in [-0.05, 0) is 32.9 Å². The van der Waals surface area contributed by atoms with Crippen LogP contribution >= 0.6 is 0 Å². The lowest BCUT2D eigenvalue weighted by Crippen LogP contribution is -2.42. The summed E-state index contributed by atoms with van der Waals surface area (Å²) < 4.78 is 5.59. The van der Waals surface area contributed by atoms with E-state index in [0.717, 1.165) is 5.56 Å². The lowest BCUT2D eigenvalue weighted by Gasteiger charge is -2.23. The molecule has 0 aliphatic carbocycles. The second-order valence-corrected chi connectivity index (χ2v) is 5.62. The Bertz CT molecular complexity index is 402. The summed E-state index contributed by atoms with van der Waals surface area (Å²) in [4.78, 5) is 0. The molecule has 0 saturated carbocycles. The smallest absolute Gasteiger partial charge is 0.125 e. The van der Waals surface area contributed by atoms with Gasteiger partial charge < -0.3 is 26.6 Å². The summed E-state index contributed by atoms with van der Waals surface area (Å²) in [6.45, 7) is 7.14. The Hall–Kier alpha value is -1.30. The second-order valence-electron chi connectivity index (χ2n) is 5.62. The SMILES string of the molecule is CC(C)(C)NCC(O)COc1cccc(N)c1CN. The minimum absolute atomic E-state index is 0.0272. The topological polar surface area (TPSA) is 93.5 Å². The number of nitrogen functional groups attached to an aromatic ring is 1. The number of aliphatic hydroxyl groups excluding tert-OH is 1. The van der Waals surface area contributed by atoms with Crippen LogP contribution in [0.15, 0.2) is 18.2 Å². The molecule has 19 heavy (non-hydrogen) atoms. The number of ether oxygens (including phenoxy) is 1. The van der Waals surface area contributed by atoms with E-state index in [0.29, 0.717) is 24.5 Å². The maximum Gasteiger partial charge on any atom is 0.125 e. The van der Waals surface area contributed by atoms with Crippen molar-refractivity contribution in [2.45, 2.75) is 39.0 Å². The van der Waals surface area contributed by atoms with E-state index in [1.54, 1.807) is 6.07 Å². The first-order valence-corrected chi connectivity index (χ1v) is 6.47. The summed E-state index contributed by atoms with van der Waals surface area (Å²) in [6, 6.07) is 5.40. The maximum atomic E-state index is 9.86. The minimum Gasteiger partial charge on any atom is -0.490 e. The molecular weight excluding hydrogens is 242 g/mol. The van der Waals surface area contributed by atoms with E-state index >= 15 is 0 Å². The first kappa shape index (κ1) is 15.8. The third-order valence-electron chi connectivity index (χ3n) is 2.67. The molecule has 1 atom stereocenters. The average molecular weight is 267 g/mol. The molecule has 0 aliphatic rings. The largest absolute Gasteiger partial charge is 0.490 e. The van der Waals surface area contributed by atoms with Crippen LogP contribution in [0, 0.1) is 0 Å². The van der Waals surface area contributed by atoms with Crippen molar-refractivity contribution in [3.63, 3.8) is 0 Å². The average Bonchev–Trinajstić information content (AvgIpc) is 2.33. The number of hydrogen-bond acceptors (Lipinski definition) is 5. The van der Waals surface area contributed by atoms with Gasteiger partial charge in [-0.2, -0.15) is 0 Å². The van der Waals surface area contributed by atoms with Gasteiger partial charge in [0.25, 0.3) is 0 Å². The summed E-state index contributed by atoms with van der Waals surface area (Å²) in [7, 11) is 0. The molecule has 0 bridgehead atoms. The molecule has 0 heterocycles. The van der Waals surface area contributed by atoms with Crippen molar-refractivity contribution < 1.29 is 9.84 Å². The van der Waals surface area contributed by atoms with Crippen molar-refractivity contribution in [1.82, 2.24) is 5.32 Å². The molecule has 0 amide bonds. The Balaban J connectivity index is 2.50. The van der Waals surface area contributed by atoms with Crippen molar-refractivity contribution in [3.8, 4) is 5.75 Å². The standard InChI is InChI=1S/C14H25N3O2/c1-14(2,3)17-8-10(18)9-19-13-6-4-5-12(16)11(13)7-15/h4-6,10,17-18H,7-9,15-16H2,1-3H3. The van der Waals surface area contributed by atoms with Crippen LogP contribution in [0.2, 0.25) is 0 Å². The van der Waals surface area contributed by atoms with Crippen LogP contribution in [0.25, 0.3) is 0 Å². The number of β-amino-alcohol motifs (C(OH)–C–C–N with tert-alkyl or cyclic N) is 1. The molecule has 0 fully saturated rings. The molecule has 1 aromatic carbocycles. The van der Waals surface area contributed by atoms with Gasteiger partial charge in [-0.15, -0.1) is 0 Å². The first-order valence-electron chi connectivity index (χ1n) is 6.47. The molecule has 0 radical (unpaired) electrons. The van der Waals surface area contributed by atoms with Gasteiger partial charge in [0.1, 0.15) is 18.5 Å². The van der Waals surface area contributed by atoms with Gasteiger partial charge in [0.2, 0.25) is 0 Å². The number of anilines is 1. The Kier molecular flexibility index (Phi) is 5.60. The molecule has 0 saturated heterocycles. The van der Waals surface area contributed by atoms with E-state index in [4.69, 9.17) is 16.2 Å². The van der Waals surface area contributed by atoms with Crippen LogP contribution in [-0.4, -0.2) is 29.9 Å². The predicted molar refractivity (Wildman–Crippen MR) is 78.0 cm³/mol. The molecule has 108 valence electrons. The molecule has 0 aromatic heterocycles. The first-order chi connectivity index (χ1) is 8.83. The Morgan fingerprint density at radius 1 is 1.37 bits per heavy atom. The highest BCUT2D eigenvalue weighted by Gasteiger charge is 2.13. The number of nitrogens with one attached hydrogen (secondary N) is 1. The zero-order chi connectivity index (χ0) is 14.5. The third kappa shape index (κ3) is 5.46. The van der Waals surface area contributed by atoms with Crippen LogP contribution < -0.4 is 21.5 Å². The van der Waals surface area contributed by atoms with Crippen molar-refractivity contribution in [3.05, 3.63) is 23.8 Å². The van der Waals surface area contributed by atoms with E-state index in [9.17, 15) is 5.11 Å². The summed E-state index contributed by atoms with van der Waals surface area (Å²) in [5.41, 5.74) is 12.8. The van der Waals surface area contributed by atoms with Crippen molar-refractivity contribution >= 4 is 5.69 Å². The van der Waals surface area contributed by atoms with E-state index in [2.05, 4.69) is 5.32 Å². The highest BCUT2D eigenvalue weighted by atomic mass is 16.5. The summed E-state index contributed by atoms with van der Waals surface area (Å²) in [6.07, 6.45) is -0.578. The van der Waals surface area contributed by atoms with Gasteiger partial charge in [0.05, 0.1) is 0 Å². The van der Waals surface area contributed by atoms with E-state index in [-0.39, 0.29) is 12.1 Å². The van der Waals surface area contributed by atoms with Gasteiger partial charge in [0.15, 0.2) is 0 Å². The normalized spacial score (nSPS) is 13.3. The lowest BCUT2D eigenvalue weighted by atomic mass is 10.1. The fraction of sp³-hybridized carbons (Fsp3) is 0.571. The molecular formula is C14H25N3O2. The summed E-state index contributed by atoms with van der Waals surface area (Å²) in [5, 5.41) is 13.1. The van der Waals surface area contributed by atoms with E-state index in [1.165, 1.54) is 0 Å². The molecule has 0 aliphatic heterocycles. The number of hydrogen-bond donors (Lipinski definition) is 4. The van der Waals surface area contributed by atoms with E-state index in [1.807, 2.05) is 32.9 Å². The summed E-state index contributed by atoms with van der Waals surface area (Å²) in [5.74, 6) is 0.636. The van der Waals surface area contributed by atoms with Crippen LogP contribution in [0.5, 0.6) is 5.75 Å². The number of aliphatic hydroxyl groups is 1. The fourth-order valence-corrected chi connectivity index (χ4v) is 1.61. The van der Waals surface area contributed by atoms with Crippen molar-refractivity contribution in [2.24, 2.45) is 5.73 Å². The molecule has 5 nitrogen and oxygen atoms in total. The molecule has 0 spiro atoms. The second kappa shape index (κ2) is 6.75. The molecule has 1 unspecified atom stereocenters. The highest BCUT2D eigenvalue weighted by Crippen LogP contribution is 2.23. The van der Waals surface area contributed by atoms with Gasteiger partial charge in [0, 0.05) is 29.9 Å². The Labute approximate surface area is 114 Å². The van der Waals surface area contributed by atoms with Crippen LogP contribution in [0.4, 0.5) is 5.69 Å². The zero-order valence-electron chi connectivity index (χ0n) is 11.9. The monoisotopic (exact) mass is 267 g/mol. The Morgan fingerprint density at radius 2 is 2.05 bits per heavy atom. The van der Waals surface area contributed by atoms with Crippen LogP contribution in [-0.2, 0) is 6.54 Å². The molecule has 6 N–H and O–H groups in total. The quantitative estimate of drug-likeness (QED) is 0.573. The number of rotatable bonds is 6. The van der Waals surface area contributed by atoms with Crippen LogP contribution in [0.3, 0.4) is 0 Å². The Morgan fingerprint density at radius 3 is 2.63 bits per heavy atom. The highest BCUT2D eigenvalue weighted by molar-refractivity contribution is 5.54. The zero-order valence-corrected chi connectivity index (χ0v) is 11.9. The van der Waals surface area contributed by atoms with Gasteiger partial charge in [-0.1, -0.05) is 6.07 Å². The van der Waals surface area contributed by atoms with E-state index < -0.39 is 6.10 Å².